The molecule has 2 aromatic carbocycles. The molecule has 5 rings (SSSR count). The maximum Gasteiger partial charge on any atom is 1.00 e. The molecule has 0 radical (unpaired) electrons. The number of fused-ring (bicyclic) bond motifs is 1. The first-order valence-electron chi connectivity index (χ1n) is 11.9. The van der Waals surface area contributed by atoms with Crippen molar-refractivity contribution >= 4 is 40.0 Å². The third-order valence-electron chi connectivity index (χ3n) is 5.84. The second-order valence-corrected chi connectivity index (χ2v) is 10.4. The van der Waals surface area contributed by atoms with E-state index in [1.807, 2.05) is 54.2 Å². The van der Waals surface area contributed by atoms with Crippen LogP contribution in [0.2, 0.25) is 0 Å². The van der Waals surface area contributed by atoms with Crippen LogP contribution in [0.3, 0.4) is 0 Å². The Bertz CT molecular complexity index is 1660. The molecular weight excluding hydrogens is 579 g/mol. The third kappa shape index (κ3) is 7.31. The van der Waals surface area contributed by atoms with Crippen LogP contribution >= 0.6 is 12.2 Å². The van der Waals surface area contributed by atoms with Gasteiger partial charge in [0.15, 0.2) is 18.0 Å². The quantitative estimate of drug-likeness (QED) is 0.0857. The Hall–Kier alpha value is -3.33. The summed E-state index contributed by atoms with van der Waals surface area (Å²) in [6.45, 7) is 1.31. The van der Waals surface area contributed by atoms with Crippen molar-refractivity contribution in [3.05, 3.63) is 90.5 Å². The molecule has 41 heavy (non-hydrogen) atoms. The van der Waals surface area contributed by atoms with Crippen LogP contribution < -0.4 is 49.0 Å². The van der Waals surface area contributed by atoms with E-state index < -0.39 is 23.4 Å². The van der Waals surface area contributed by atoms with E-state index in [4.69, 9.17) is 18.7 Å². The Morgan fingerprint density at radius 2 is 1.80 bits per heavy atom. The maximum absolute atomic E-state index is 13.6. The molecular formula is C27H23N4NaO7S2. The molecule has 3 heterocycles. The average Bonchev–Trinajstić information content (AvgIpc) is 3.62. The predicted octanol–water partition coefficient (Wildman–Crippen LogP) is 0.401. The van der Waals surface area contributed by atoms with Crippen molar-refractivity contribution in [1.29, 1.82) is 0 Å². The molecule has 0 aliphatic rings. The van der Waals surface area contributed by atoms with Crippen LogP contribution in [0.5, 0.6) is 17.2 Å². The molecule has 0 aliphatic carbocycles. The van der Waals surface area contributed by atoms with Crippen LogP contribution in [0.1, 0.15) is 11.3 Å². The fraction of sp³-hybridized carbons (Fsp3) is 0.148. The van der Waals surface area contributed by atoms with E-state index in [2.05, 4.69) is 9.97 Å². The number of ether oxygens (including phenoxy) is 2. The molecule has 0 aliphatic heterocycles. The summed E-state index contributed by atoms with van der Waals surface area (Å²) < 4.78 is 33.1. The van der Waals surface area contributed by atoms with Gasteiger partial charge in [0.2, 0.25) is 5.16 Å². The largest absolute Gasteiger partial charge is 1.00 e. The van der Waals surface area contributed by atoms with Crippen molar-refractivity contribution in [3.63, 3.8) is 0 Å². The second-order valence-electron chi connectivity index (χ2n) is 8.38. The number of benzene rings is 2. The van der Waals surface area contributed by atoms with Crippen molar-refractivity contribution in [2.75, 3.05) is 13.7 Å². The van der Waals surface area contributed by atoms with E-state index in [0.717, 1.165) is 23.5 Å². The molecule has 0 saturated heterocycles. The number of nitrogens with zero attached hydrogens (tertiary/aromatic N) is 4. The van der Waals surface area contributed by atoms with Crippen LogP contribution in [-0.4, -0.2) is 42.4 Å². The van der Waals surface area contributed by atoms with E-state index in [0.29, 0.717) is 34.0 Å². The third-order valence-corrected chi connectivity index (χ3v) is 7.82. The number of carbonyl (C=O) groups is 1. The smallest absolute Gasteiger partial charge is 0.546 e. The van der Waals surface area contributed by atoms with E-state index in [1.54, 1.807) is 35.5 Å². The number of hydrogen-bond donors (Lipinski definition) is 0. The minimum atomic E-state index is -1.60. The summed E-state index contributed by atoms with van der Waals surface area (Å²) in [5.41, 5.74) is 3.61. The van der Waals surface area contributed by atoms with Gasteiger partial charge >= 0.3 is 29.6 Å². The zero-order valence-electron chi connectivity index (χ0n) is 22.4. The normalized spacial score (nSPS) is 11.6. The van der Waals surface area contributed by atoms with Crippen LogP contribution in [-0.2, 0) is 25.7 Å². The van der Waals surface area contributed by atoms with Crippen LogP contribution in [0.4, 0.5) is 0 Å². The average molecular weight is 603 g/mol. The summed E-state index contributed by atoms with van der Waals surface area (Å²) in [4.78, 5) is 25.0. The minimum Gasteiger partial charge on any atom is -0.546 e. The second kappa shape index (κ2) is 14.0. The molecule has 0 amide bonds. The number of methoxy groups -OCH3 is 1. The first kappa shape index (κ1) is 30.6. The summed E-state index contributed by atoms with van der Waals surface area (Å²) in [6.07, 6.45) is 5.46. The number of aliphatic carboxylic acids is 1. The fourth-order valence-corrected chi connectivity index (χ4v) is 5.83. The molecule has 206 valence electrons. The first-order chi connectivity index (χ1) is 19.4. The monoisotopic (exact) mass is 602 g/mol. The standard InChI is InChI=1S/C27H24N4O7S2.Na/c1-18-23(28-12-11-25(18)35-2)17-40(34)27-29-22-10-5-19(30-13-3-4-14-30)15-24(22)31(27)39-38-37-21-8-6-20(7-9-21)36-16-26(32)33;/h3-15H,16-17H2,1-2H3,(H,32,33);/q;+1/p-1. The van der Waals surface area contributed by atoms with Crippen molar-refractivity contribution in [3.8, 4) is 22.9 Å². The minimum absolute atomic E-state index is 0. The predicted molar refractivity (Wildman–Crippen MR) is 146 cm³/mol. The van der Waals surface area contributed by atoms with Crippen LogP contribution in [0.25, 0.3) is 16.7 Å². The van der Waals surface area contributed by atoms with E-state index in [9.17, 15) is 14.1 Å². The number of aromatic nitrogens is 4. The number of carboxylic acids is 1. The Balaban J connectivity index is 0.00000387. The van der Waals surface area contributed by atoms with Gasteiger partial charge < -0.3 is 28.8 Å². The topological polar surface area (TPSA) is 130 Å². The van der Waals surface area contributed by atoms with Crippen molar-refractivity contribution in [1.82, 2.24) is 18.5 Å². The van der Waals surface area contributed by atoms with E-state index in [-0.39, 0.29) is 40.5 Å². The van der Waals surface area contributed by atoms with Gasteiger partial charge in [-0.05, 0) is 67.6 Å². The van der Waals surface area contributed by atoms with E-state index >= 15 is 0 Å². The molecule has 14 heteroatoms. The van der Waals surface area contributed by atoms with Gasteiger partial charge in [0.1, 0.15) is 18.1 Å². The molecule has 0 N–H and O–H groups in total. The molecule has 1 unspecified atom stereocenters. The SMILES string of the molecule is COc1ccnc(CS(=O)c2nc3ccc(-n4cccc4)cc3n2SOOc2ccc(OCC(=O)[O-])cc2)c1C.[Na+]. The number of carbonyl (C=O) groups excluding carboxylic acids is 1. The summed E-state index contributed by atoms with van der Waals surface area (Å²) >= 11 is 0.820. The Morgan fingerprint density at radius 1 is 1.07 bits per heavy atom. The van der Waals surface area contributed by atoms with Crippen LogP contribution in [0, 0.1) is 6.92 Å². The molecule has 0 bridgehead atoms. The summed E-state index contributed by atoms with van der Waals surface area (Å²) in [7, 11) is -0.0225. The van der Waals surface area contributed by atoms with Crippen molar-refractivity contribution < 1.29 is 62.4 Å². The Morgan fingerprint density at radius 3 is 2.51 bits per heavy atom. The number of imidazole rings is 1. The van der Waals surface area contributed by atoms with Gasteiger partial charge in [0.05, 0.1) is 46.4 Å². The fourth-order valence-electron chi connectivity index (χ4n) is 3.84. The van der Waals surface area contributed by atoms with Crippen LogP contribution in [0.15, 0.2) is 84.4 Å². The molecule has 0 spiro atoms. The molecule has 11 nitrogen and oxygen atoms in total. The molecule has 3 aromatic heterocycles. The maximum atomic E-state index is 13.6. The Kier molecular flexibility index (Phi) is 10.5. The van der Waals surface area contributed by atoms with Crippen molar-refractivity contribution in [2.45, 2.75) is 17.8 Å². The van der Waals surface area contributed by atoms with Gasteiger partial charge in [-0.1, -0.05) is 4.33 Å². The number of carboxylic acid groups (broad SMARTS) is 1. The van der Waals surface area contributed by atoms with Gasteiger partial charge in [-0.25, -0.2) is 8.96 Å². The van der Waals surface area contributed by atoms with Gasteiger partial charge in [0, 0.05) is 29.8 Å². The number of pyridine rings is 1. The van der Waals surface area contributed by atoms with E-state index in [1.165, 1.54) is 12.1 Å². The molecule has 0 fully saturated rings. The number of hydrogen-bond acceptors (Lipinski definition) is 10. The van der Waals surface area contributed by atoms with Gasteiger partial charge in [-0.3, -0.25) is 9.19 Å². The molecule has 0 saturated carbocycles. The van der Waals surface area contributed by atoms with Crippen molar-refractivity contribution in [2.24, 2.45) is 0 Å². The Labute approximate surface area is 264 Å². The van der Waals surface area contributed by atoms with Gasteiger partial charge in [0.25, 0.3) is 0 Å². The summed E-state index contributed by atoms with van der Waals surface area (Å²) in [6, 6.07) is 17.5. The van der Waals surface area contributed by atoms with Gasteiger partial charge in [-0.2, -0.15) is 0 Å². The zero-order chi connectivity index (χ0) is 28.1. The van der Waals surface area contributed by atoms with Gasteiger partial charge in [-0.15, -0.1) is 0 Å². The molecule has 5 aromatic rings. The number of rotatable bonds is 12. The summed E-state index contributed by atoms with van der Waals surface area (Å²) in [5, 5.41) is 10.8. The molecule has 1 atom stereocenters. The zero-order valence-corrected chi connectivity index (χ0v) is 26.0. The first-order valence-corrected chi connectivity index (χ1v) is 13.9. The summed E-state index contributed by atoms with van der Waals surface area (Å²) in [5.74, 6) is 0.129.